The summed E-state index contributed by atoms with van der Waals surface area (Å²) in [5, 5.41) is 0. The summed E-state index contributed by atoms with van der Waals surface area (Å²) in [7, 11) is 1.67. The Morgan fingerprint density at radius 3 is 2.94 bits per heavy atom. The van der Waals surface area contributed by atoms with Crippen LogP contribution in [-0.2, 0) is 9.47 Å². The smallest absolute Gasteiger partial charge is 0.302 e. The molecule has 0 radical (unpaired) electrons. The van der Waals surface area contributed by atoms with Crippen LogP contribution in [-0.4, -0.2) is 35.0 Å². The molecule has 2 bridgehead atoms. The third kappa shape index (κ3) is 1.56. The molecule has 1 saturated heterocycles. The van der Waals surface area contributed by atoms with E-state index in [1.54, 1.807) is 17.9 Å². The molecule has 1 fully saturated rings. The van der Waals surface area contributed by atoms with Crippen LogP contribution in [0.4, 0.5) is 0 Å². The van der Waals surface area contributed by atoms with Gasteiger partial charge in [0.2, 0.25) is 0 Å². The second-order valence-electron chi connectivity index (χ2n) is 4.83. The highest BCUT2D eigenvalue weighted by atomic mass is 16.6. The van der Waals surface area contributed by atoms with Crippen molar-refractivity contribution < 1.29 is 14.2 Å². The van der Waals surface area contributed by atoms with Gasteiger partial charge in [0.1, 0.15) is 18.3 Å². The van der Waals surface area contributed by atoms with Gasteiger partial charge in [0.15, 0.2) is 6.23 Å². The molecule has 0 amide bonds. The average molecular weight is 252 g/mol. The SMILES string of the molecule is CO[C@H]1C(C)[C@@H]2O[C@H]1n1ccc(=O)nc1O[C@@H]2C. The van der Waals surface area contributed by atoms with Crippen molar-refractivity contribution >= 4 is 0 Å². The largest absolute Gasteiger partial charge is 0.459 e. The van der Waals surface area contributed by atoms with Crippen LogP contribution < -0.4 is 10.3 Å². The number of hydrogen-bond acceptors (Lipinski definition) is 5. The molecule has 0 aromatic carbocycles. The first-order valence-electron chi connectivity index (χ1n) is 6.06. The topological polar surface area (TPSA) is 62.6 Å². The molecule has 0 aliphatic carbocycles. The summed E-state index contributed by atoms with van der Waals surface area (Å²) in [6.45, 7) is 4.00. The monoisotopic (exact) mass is 252 g/mol. The fourth-order valence-electron chi connectivity index (χ4n) is 2.81. The molecule has 0 spiro atoms. The summed E-state index contributed by atoms with van der Waals surface area (Å²) in [4.78, 5) is 15.2. The number of rotatable bonds is 1. The first kappa shape index (κ1) is 11.7. The Morgan fingerprint density at radius 1 is 1.44 bits per heavy atom. The van der Waals surface area contributed by atoms with E-state index >= 15 is 0 Å². The van der Waals surface area contributed by atoms with Gasteiger partial charge >= 0.3 is 6.01 Å². The molecule has 18 heavy (non-hydrogen) atoms. The number of aromatic nitrogens is 2. The number of methoxy groups -OCH3 is 1. The Balaban J connectivity index is 2.11. The molecule has 5 atom stereocenters. The normalized spacial score (nSPS) is 37.8. The van der Waals surface area contributed by atoms with Crippen molar-refractivity contribution in [2.24, 2.45) is 5.92 Å². The lowest BCUT2D eigenvalue weighted by molar-refractivity contribution is -0.0531. The predicted molar refractivity (Wildman–Crippen MR) is 62.5 cm³/mol. The van der Waals surface area contributed by atoms with Crippen LogP contribution >= 0.6 is 0 Å². The van der Waals surface area contributed by atoms with Gasteiger partial charge in [0.05, 0.1) is 0 Å². The van der Waals surface area contributed by atoms with E-state index in [1.807, 2.05) is 6.92 Å². The van der Waals surface area contributed by atoms with Gasteiger partial charge < -0.3 is 14.2 Å². The molecule has 0 N–H and O–H groups in total. The third-order valence-corrected chi connectivity index (χ3v) is 3.72. The molecule has 6 nitrogen and oxygen atoms in total. The zero-order valence-corrected chi connectivity index (χ0v) is 10.6. The van der Waals surface area contributed by atoms with Crippen LogP contribution in [0.1, 0.15) is 20.1 Å². The number of nitrogens with zero attached hydrogens (tertiary/aromatic N) is 2. The molecule has 3 heterocycles. The summed E-state index contributed by atoms with van der Waals surface area (Å²) >= 11 is 0. The van der Waals surface area contributed by atoms with E-state index < -0.39 is 0 Å². The van der Waals surface area contributed by atoms with Crippen LogP contribution in [0, 0.1) is 5.92 Å². The van der Waals surface area contributed by atoms with Gasteiger partial charge in [-0.1, -0.05) is 6.92 Å². The van der Waals surface area contributed by atoms with Crippen molar-refractivity contribution in [3.05, 3.63) is 22.6 Å². The average Bonchev–Trinajstić information content (AvgIpc) is 2.58. The maximum Gasteiger partial charge on any atom is 0.302 e. The molecule has 6 heteroatoms. The van der Waals surface area contributed by atoms with Crippen molar-refractivity contribution in [3.63, 3.8) is 0 Å². The molecule has 1 aromatic heterocycles. The maximum atomic E-state index is 11.3. The molecule has 2 aliphatic rings. The van der Waals surface area contributed by atoms with Crippen molar-refractivity contribution in [1.29, 1.82) is 0 Å². The Bertz CT molecular complexity index is 515. The van der Waals surface area contributed by atoms with E-state index in [1.165, 1.54) is 6.07 Å². The van der Waals surface area contributed by atoms with E-state index in [0.717, 1.165) is 0 Å². The maximum absolute atomic E-state index is 11.3. The number of hydrogen-bond donors (Lipinski definition) is 0. The Hall–Kier alpha value is -1.40. The molecular weight excluding hydrogens is 236 g/mol. The van der Waals surface area contributed by atoms with Gasteiger partial charge in [-0.3, -0.25) is 9.36 Å². The van der Waals surface area contributed by atoms with Crippen LogP contribution in [0.3, 0.4) is 0 Å². The minimum atomic E-state index is -0.312. The van der Waals surface area contributed by atoms with E-state index in [-0.39, 0.29) is 36.0 Å². The highest BCUT2D eigenvalue weighted by Gasteiger charge is 2.49. The molecular formula is C12H16N2O4. The van der Waals surface area contributed by atoms with Crippen molar-refractivity contribution in [3.8, 4) is 6.01 Å². The van der Waals surface area contributed by atoms with E-state index in [0.29, 0.717) is 6.01 Å². The van der Waals surface area contributed by atoms with Crippen molar-refractivity contribution in [2.45, 2.75) is 38.4 Å². The van der Waals surface area contributed by atoms with E-state index in [2.05, 4.69) is 11.9 Å². The third-order valence-electron chi connectivity index (χ3n) is 3.72. The van der Waals surface area contributed by atoms with Gasteiger partial charge in [-0.15, -0.1) is 0 Å². The second-order valence-corrected chi connectivity index (χ2v) is 4.83. The van der Waals surface area contributed by atoms with Crippen LogP contribution in [0.25, 0.3) is 0 Å². The van der Waals surface area contributed by atoms with E-state index in [4.69, 9.17) is 14.2 Å². The first-order valence-corrected chi connectivity index (χ1v) is 6.06. The van der Waals surface area contributed by atoms with Crippen molar-refractivity contribution in [2.75, 3.05) is 7.11 Å². The summed E-state index contributed by atoms with van der Waals surface area (Å²) in [6.07, 6.45) is 1.07. The van der Waals surface area contributed by atoms with Gasteiger partial charge in [-0.05, 0) is 6.92 Å². The molecule has 0 saturated carbocycles. The molecule has 98 valence electrons. The highest BCUT2D eigenvalue weighted by molar-refractivity contribution is 5.07. The fraction of sp³-hybridized carbons (Fsp3) is 0.667. The Kier molecular flexibility index (Phi) is 2.64. The van der Waals surface area contributed by atoms with Crippen LogP contribution in [0.5, 0.6) is 6.01 Å². The highest BCUT2D eigenvalue weighted by Crippen LogP contribution is 2.41. The van der Waals surface area contributed by atoms with Gasteiger partial charge in [-0.2, -0.15) is 4.98 Å². The van der Waals surface area contributed by atoms with Gasteiger partial charge in [0.25, 0.3) is 5.56 Å². The zero-order chi connectivity index (χ0) is 12.9. The fourth-order valence-corrected chi connectivity index (χ4v) is 2.81. The van der Waals surface area contributed by atoms with Crippen LogP contribution in [0.2, 0.25) is 0 Å². The number of fused-ring (bicyclic) bond motifs is 4. The molecule has 3 rings (SSSR count). The predicted octanol–water partition coefficient (Wildman–Crippen LogP) is 0.573. The quantitative estimate of drug-likeness (QED) is 0.731. The van der Waals surface area contributed by atoms with Crippen LogP contribution in [0.15, 0.2) is 17.1 Å². The van der Waals surface area contributed by atoms with Gasteiger partial charge in [0, 0.05) is 25.3 Å². The molecule has 1 unspecified atom stereocenters. The number of ether oxygens (including phenoxy) is 3. The standard InChI is InChI=1S/C12H16N2O4/c1-6-9-7(2)17-12-13-8(15)4-5-14(12)11(18-9)10(6)16-3/h4-7,9-11H,1-3H3/t6?,7-,9+,10+,11-/m1/s1. The van der Waals surface area contributed by atoms with Gasteiger partial charge in [-0.25, -0.2) is 0 Å². The van der Waals surface area contributed by atoms with E-state index in [9.17, 15) is 4.79 Å². The first-order chi connectivity index (χ1) is 8.61. The lowest BCUT2D eigenvalue weighted by atomic mass is 9.96. The van der Waals surface area contributed by atoms with Crippen molar-refractivity contribution in [1.82, 2.24) is 9.55 Å². The zero-order valence-electron chi connectivity index (χ0n) is 10.6. The lowest BCUT2D eigenvalue weighted by Gasteiger charge is -2.26. The summed E-state index contributed by atoms with van der Waals surface area (Å²) in [6, 6.07) is 1.70. The Labute approximate surface area is 104 Å². The summed E-state index contributed by atoms with van der Waals surface area (Å²) in [5.41, 5.74) is -0.312. The molecule has 1 aromatic rings. The minimum Gasteiger partial charge on any atom is -0.459 e. The summed E-state index contributed by atoms with van der Waals surface area (Å²) < 4.78 is 18.9. The lowest BCUT2D eigenvalue weighted by Crippen LogP contribution is -2.37. The Morgan fingerprint density at radius 2 is 2.22 bits per heavy atom. The minimum absolute atomic E-state index is 0.0586. The molecule has 2 aliphatic heterocycles. The summed E-state index contributed by atoms with van der Waals surface area (Å²) in [5.74, 6) is 0.225. The second kappa shape index (κ2) is 4.07.